The van der Waals surface area contributed by atoms with Crippen LogP contribution < -0.4 is 5.32 Å². The van der Waals surface area contributed by atoms with Gasteiger partial charge in [-0.3, -0.25) is 0 Å². The highest BCUT2D eigenvalue weighted by molar-refractivity contribution is 7.90. The first-order valence-corrected chi connectivity index (χ1v) is 8.94. The number of sulfone groups is 1. The van der Waals surface area contributed by atoms with Crippen LogP contribution in [0.25, 0.3) is 0 Å². The Bertz CT molecular complexity index is 571. The van der Waals surface area contributed by atoms with Crippen LogP contribution in [0.15, 0.2) is 29.2 Å². The number of rotatable bonds is 3. The van der Waals surface area contributed by atoms with E-state index in [2.05, 4.69) is 31.1 Å². The van der Waals surface area contributed by atoms with E-state index in [9.17, 15) is 8.42 Å². The molecule has 1 N–H and O–H groups in total. The summed E-state index contributed by atoms with van der Waals surface area (Å²) in [5.74, 6) is 0.490. The summed E-state index contributed by atoms with van der Waals surface area (Å²) in [6, 6.07) is 7.98. The molecule has 1 fully saturated rings. The van der Waals surface area contributed by atoms with E-state index in [1.54, 1.807) is 12.1 Å². The lowest BCUT2D eigenvalue weighted by molar-refractivity contribution is 0.145. The van der Waals surface area contributed by atoms with Gasteiger partial charge in [0.05, 0.1) is 10.6 Å². The number of anilines is 1. The standard InChI is InChI=1S/C15H24N2O2S/c1-11-10-17(3)12(2)9-14(11)16-13-7-5-6-8-15(13)20(4,18)19/h5-8,11-12,14,16H,9-10H2,1-4H3. The van der Waals surface area contributed by atoms with Crippen molar-refractivity contribution in [3.05, 3.63) is 24.3 Å². The molecule has 3 unspecified atom stereocenters. The molecule has 2 rings (SSSR count). The van der Waals surface area contributed by atoms with Crippen LogP contribution in [-0.2, 0) is 9.84 Å². The van der Waals surface area contributed by atoms with E-state index >= 15 is 0 Å². The van der Waals surface area contributed by atoms with E-state index in [4.69, 9.17) is 0 Å². The second kappa shape index (κ2) is 5.74. The number of nitrogens with one attached hydrogen (secondary N) is 1. The van der Waals surface area contributed by atoms with Crippen LogP contribution in [0.5, 0.6) is 0 Å². The third kappa shape index (κ3) is 3.33. The van der Waals surface area contributed by atoms with Gasteiger partial charge < -0.3 is 10.2 Å². The monoisotopic (exact) mass is 296 g/mol. The van der Waals surface area contributed by atoms with Crippen LogP contribution in [-0.4, -0.2) is 45.2 Å². The van der Waals surface area contributed by atoms with Crippen molar-refractivity contribution < 1.29 is 8.42 Å². The molecule has 0 radical (unpaired) electrons. The normalized spacial score (nSPS) is 28.3. The van der Waals surface area contributed by atoms with Crippen molar-refractivity contribution in [2.24, 2.45) is 5.92 Å². The summed E-state index contributed by atoms with van der Waals surface area (Å²) in [5, 5.41) is 3.45. The molecule has 20 heavy (non-hydrogen) atoms. The molecule has 0 amide bonds. The smallest absolute Gasteiger partial charge is 0.177 e. The summed E-state index contributed by atoms with van der Waals surface area (Å²) in [4.78, 5) is 2.74. The zero-order valence-corrected chi connectivity index (χ0v) is 13.4. The molecule has 1 aromatic carbocycles. The second-order valence-electron chi connectivity index (χ2n) is 6.02. The number of piperidine rings is 1. The van der Waals surface area contributed by atoms with Crippen molar-refractivity contribution in [2.45, 2.75) is 37.2 Å². The van der Waals surface area contributed by atoms with Crippen molar-refractivity contribution >= 4 is 15.5 Å². The second-order valence-corrected chi connectivity index (χ2v) is 8.00. The summed E-state index contributed by atoms with van der Waals surface area (Å²) in [5.41, 5.74) is 0.726. The van der Waals surface area contributed by atoms with Gasteiger partial charge in [0.2, 0.25) is 0 Å². The Morgan fingerprint density at radius 3 is 2.55 bits per heavy atom. The largest absolute Gasteiger partial charge is 0.381 e. The van der Waals surface area contributed by atoms with Crippen LogP contribution >= 0.6 is 0 Å². The molecule has 0 spiro atoms. The van der Waals surface area contributed by atoms with Gasteiger partial charge in [-0.2, -0.15) is 0 Å². The van der Waals surface area contributed by atoms with Gasteiger partial charge in [0.1, 0.15) is 0 Å². The van der Waals surface area contributed by atoms with Gasteiger partial charge in [-0.25, -0.2) is 8.42 Å². The van der Waals surface area contributed by atoms with Gasteiger partial charge in [-0.15, -0.1) is 0 Å². The van der Waals surface area contributed by atoms with Crippen LogP contribution in [0.4, 0.5) is 5.69 Å². The minimum absolute atomic E-state index is 0.309. The molecule has 3 atom stereocenters. The molecular formula is C15H24N2O2S. The summed E-state index contributed by atoms with van der Waals surface area (Å²) in [6.07, 6.45) is 2.28. The number of para-hydroxylation sites is 1. The van der Waals surface area contributed by atoms with Crippen molar-refractivity contribution in [1.82, 2.24) is 4.90 Å². The fraction of sp³-hybridized carbons (Fsp3) is 0.600. The Balaban J connectivity index is 2.23. The molecule has 5 heteroatoms. The summed E-state index contributed by atoms with van der Waals surface area (Å²) < 4.78 is 23.7. The van der Waals surface area contributed by atoms with Gasteiger partial charge in [-0.1, -0.05) is 19.1 Å². The van der Waals surface area contributed by atoms with Crippen LogP contribution in [0, 0.1) is 5.92 Å². The lowest BCUT2D eigenvalue weighted by Gasteiger charge is -2.40. The topological polar surface area (TPSA) is 49.4 Å². The number of hydrogen-bond acceptors (Lipinski definition) is 4. The third-order valence-corrected chi connectivity index (χ3v) is 5.39. The highest BCUT2D eigenvalue weighted by Gasteiger charge is 2.29. The maximum atomic E-state index is 11.8. The van der Waals surface area contributed by atoms with Gasteiger partial charge in [-0.05, 0) is 38.4 Å². The van der Waals surface area contributed by atoms with E-state index in [1.165, 1.54) is 6.26 Å². The first-order valence-electron chi connectivity index (χ1n) is 7.05. The van der Waals surface area contributed by atoms with Gasteiger partial charge >= 0.3 is 0 Å². The van der Waals surface area contributed by atoms with E-state index < -0.39 is 9.84 Å². The van der Waals surface area contributed by atoms with Crippen molar-refractivity contribution in [3.8, 4) is 0 Å². The first-order chi connectivity index (χ1) is 9.29. The van der Waals surface area contributed by atoms with Crippen LogP contribution in [0.3, 0.4) is 0 Å². The number of likely N-dealkylation sites (tertiary alicyclic amines) is 1. The third-order valence-electron chi connectivity index (χ3n) is 4.24. The molecule has 112 valence electrons. The molecule has 0 bridgehead atoms. The predicted octanol–water partition coefficient (Wildman–Crippen LogP) is 2.23. The Morgan fingerprint density at radius 1 is 1.25 bits per heavy atom. The van der Waals surface area contributed by atoms with Gasteiger partial charge in [0, 0.05) is 24.9 Å². The van der Waals surface area contributed by atoms with Crippen LogP contribution in [0.1, 0.15) is 20.3 Å². The average molecular weight is 296 g/mol. The van der Waals surface area contributed by atoms with Crippen molar-refractivity contribution in [2.75, 3.05) is 25.2 Å². The lowest BCUT2D eigenvalue weighted by atomic mass is 9.89. The van der Waals surface area contributed by atoms with Crippen LogP contribution in [0.2, 0.25) is 0 Å². The van der Waals surface area contributed by atoms with Gasteiger partial charge in [0.25, 0.3) is 0 Å². The molecule has 1 aliphatic rings. The quantitative estimate of drug-likeness (QED) is 0.929. The number of benzene rings is 1. The highest BCUT2D eigenvalue weighted by atomic mass is 32.2. The number of nitrogens with zero attached hydrogens (tertiary/aromatic N) is 1. The van der Waals surface area contributed by atoms with E-state index in [0.29, 0.717) is 22.9 Å². The lowest BCUT2D eigenvalue weighted by Crippen LogP contribution is -2.48. The highest BCUT2D eigenvalue weighted by Crippen LogP contribution is 2.27. The Morgan fingerprint density at radius 2 is 1.90 bits per heavy atom. The molecule has 1 aromatic rings. The summed E-state index contributed by atoms with van der Waals surface area (Å²) >= 11 is 0. The summed E-state index contributed by atoms with van der Waals surface area (Å²) in [6.45, 7) is 5.45. The van der Waals surface area contributed by atoms with E-state index in [-0.39, 0.29) is 0 Å². The minimum atomic E-state index is -3.20. The predicted molar refractivity (Wildman–Crippen MR) is 82.8 cm³/mol. The maximum Gasteiger partial charge on any atom is 0.177 e. The molecule has 0 aliphatic carbocycles. The first kappa shape index (κ1) is 15.3. The van der Waals surface area contributed by atoms with Crippen molar-refractivity contribution in [3.63, 3.8) is 0 Å². The SMILES string of the molecule is CC1CN(C)C(C)CC1Nc1ccccc1S(C)(=O)=O. The molecular weight excluding hydrogens is 272 g/mol. The Hall–Kier alpha value is -1.07. The fourth-order valence-corrected chi connectivity index (χ4v) is 3.70. The molecule has 1 saturated heterocycles. The zero-order valence-electron chi connectivity index (χ0n) is 12.6. The molecule has 4 nitrogen and oxygen atoms in total. The van der Waals surface area contributed by atoms with E-state index in [1.807, 2.05) is 12.1 Å². The molecule has 1 aliphatic heterocycles. The fourth-order valence-electron chi connectivity index (χ4n) is 2.85. The minimum Gasteiger partial charge on any atom is -0.381 e. The molecule has 0 aromatic heterocycles. The zero-order chi connectivity index (χ0) is 14.9. The summed E-state index contributed by atoms with van der Waals surface area (Å²) in [7, 11) is -1.06. The number of hydrogen-bond donors (Lipinski definition) is 1. The maximum absolute atomic E-state index is 11.8. The van der Waals surface area contributed by atoms with E-state index in [0.717, 1.165) is 18.7 Å². The van der Waals surface area contributed by atoms with Crippen molar-refractivity contribution in [1.29, 1.82) is 0 Å². The Kier molecular flexibility index (Phi) is 4.39. The molecule has 1 heterocycles. The molecule has 0 saturated carbocycles. The Labute approximate surface area is 122 Å². The van der Waals surface area contributed by atoms with Gasteiger partial charge in [0.15, 0.2) is 9.84 Å². The average Bonchev–Trinajstić information content (AvgIpc) is 2.35.